The number of nitrogens with zero attached hydrogens (tertiary/aromatic N) is 6. The van der Waals surface area contributed by atoms with E-state index in [0.717, 1.165) is 31.7 Å². The summed E-state index contributed by atoms with van der Waals surface area (Å²) in [5.74, 6) is 2.18. The van der Waals surface area contributed by atoms with Crippen LogP contribution in [0.5, 0.6) is 5.75 Å². The van der Waals surface area contributed by atoms with Gasteiger partial charge in [-0.2, -0.15) is 9.78 Å². The Bertz CT molecular complexity index is 1560. The molecule has 8 nitrogen and oxygen atoms in total. The van der Waals surface area contributed by atoms with E-state index in [1.807, 2.05) is 6.07 Å². The van der Waals surface area contributed by atoms with Crippen molar-refractivity contribution >= 4 is 64.8 Å². The van der Waals surface area contributed by atoms with Crippen LogP contribution in [-0.2, 0) is 13.3 Å². The first-order valence-corrected chi connectivity index (χ1v) is 14.0. The third-order valence-electron chi connectivity index (χ3n) is 6.20. The molecule has 1 aliphatic heterocycles. The van der Waals surface area contributed by atoms with Crippen LogP contribution >= 0.6 is 58.6 Å². The Balaban J connectivity index is 1.40. The largest absolute Gasteiger partial charge is 0.485 e. The molecule has 2 aromatic heterocycles. The molecule has 0 radical (unpaired) electrons. The zero-order chi connectivity index (χ0) is 27.5. The quantitative estimate of drug-likeness (QED) is 0.156. The lowest BCUT2D eigenvalue weighted by molar-refractivity contribution is 0.118. The fourth-order valence-electron chi connectivity index (χ4n) is 4.01. The molecule has 0 bridgehead atoms. The maximum Gasteiger partial charge on any atom is 0.220 e. The smallest absolute Gasteiger partial charge is 0.220 e. The third-order valence-corrected chi connectivity index (χ3v) is 7.87. The average molecular weight is 626 g/mol. The molecule has 0 N–H and O–H groups in total. The van der Waals surface area contributed by atoms with Gasteiger partial charge in [0.15, 0.2) is 5.82 Å². The van der Waals surface area contributed by atoms with E-state index in [9.17, 15) is 0 Å². The predicted octanol–water partition coefficient (Wildman–Crippen LogP) is 6.95. The van der Waals surface area contributed by atoms with Crippen LogP contribution in [0.2, 0.25) is 20.1 Å². The van der Waals surface area contributed by atoms with Crippen LogP contribution in [-0.4, -0.2) is 63.7 Å². The van der Waals surface area contributed by atoms with E-state index in [1.54, 1.807) is 58.0 Å². The second-order valence-corrected chi connectivity index (χ2v) is 11.0. The molecule has 1 fully saturated rings. The molecule has 204 valence electrons. The Labute approximate surface area is 250 Å². The molecule has 1 saturated heterocycles. The highest BCUT2D eigenvalue weighted by atomic mass is 35.5. The predicted molar refractivity (Wildman–Crippen MR) is 158 cm³/mol. The van der Waals surface area contributed by atoms with E-state index in [1.165, 1.54) is 0 Å². The molecule has 2 aromatic carbocycles. The zero-order valence-corrected chi connectivity index (χ0v) is 24.7. The number of hydrogen-bond acceptors (Lipinski definition) is 7. The van der Waals surface area contributed by atoms with Crippen LogP contribution in [0.25, 0.3) is 11.3 Å². The van der Waals surface area contributed by atoms with E-state index in [0.29, 0.717) is 54.6 Å². The summed E-state index contributed by atoms with van der Waals surface area (Å²) in [6.45, 7) is 4.47. The number of furan rings is 1. The molecule has 5 rings (SSSR count). The summed E-state index contributed by atoms with van der Waals surface area (Å²) in [7, 11) is 2.12. The number of ether oxygens (including phenoxy) is 1. The molecular weight excluding hydrogens is 602 g/mol. The van der Waals surface area contributed by atoms with Gasteiger partial charge in [0.05, 0.1) is 28.0 Å². The highest BCUT2D eigenvalue weighted by Crippen LogP contribution is 2.31. The minimum absolute atomic E-state index is 0.110. The topological polar surface area (TPSA) is 64.0 Å². The molecule has 3 heterocycles. The lowest BCUT2D eigenvalue weighted by Crippen LogP contribution is -2.45. The summed E-state index contributed by atoms with van der Waals surface area (Å²) in [6.07, 6.45) is 1.58. The number of hydrogen-bond donors (Lipinski definition) is 0. The molecule has 0 amide bonds. The van der Waals surface area contributed by atoms with Gasteiger partial charge in [-0.3, -0.25) is 4.90 Å². The van der Waals surface area contributed by atoms with Crippen molar-refractivity contribution < 1.29 is 9.15 Å². The Hall–Kier alpha value is -2.37. The molecule has 0 unspecified atom stereocenters. The van der Waals surface area contributed by atoms with Gasteiger partial charge in [-0.1, -0.05) is 46.4 Å². The maximum absolute atomic E-state index is 6.34. The van der Waals surface area contributed by atoms with Crippen LogP contribution in [0, 0.1) is 4.77 Å². The van der Waals surface area contributed by atoms with E-state index in [2.05, 4.69) is 21.9 Å². The maximum atomic E-state index is 6.34. The van der Waals surface area contributed by atoms with Crippen molar-refractivity contribution in [3.05, 3.63) is 85.0 Å². The Morgan fingerprint density at radius 3 is 2.51 bits per heavy atom. The van der Waals surface area contributed by atoms with E-state index < -0.39 is 0 Å². The molecule has 0 atom stereocenters. The minimum Gasteiger partial charge on any atom is -0.485 e. The Kier molecular flexibility index (Phi) is 8.98. The SMILES string of the molecule is CN1CCN(Cn2nc(COc3ccc(Cl)c(Cl)c3)n(/N=C/c3ccc(-c4ccc(Cl)cc4Cl)o3)c2=S)CC1. The van der Waals surface area contributed by atoms with Crippen LogP contribution in [0.1, 0.15) is 11.6 Å². The van der Waals surface area contributed by atoms with Gasteiger partial charge >= 0.3 is 0 Å². The Morgan fingerprint density at radius 1 is 0.974 bits per heavy atom. The first-order valence-electron chi connectivity index (χ1n) is 12.0. The van der Waals surface area contributed by atoms with Crippen molar-refractivity contribution in [2.45, 2.75) is 13.3 Å². The molecule has 13 heteroatoms. The lowest BCUT2D eigenvalue weighted by atomic mass is 10.2. The number of likely N-dealkylation sites (N-methyl/N-ethyl adjacent to an activating group) is 1. The summed E-state index contributed by atoms with van der Waals surface area (Å²) in [4.78, 5) is 4.60. The van der Waals surface area contributed by atoms with Gasteiger partial charge in [-0.25, -0.2) is 4.68 Å². The second-order valence-electron chi connectivity index (χ2n) is 9.01. The van der Waals surface area contributed by atoms with Crippen molar-refractivity contribution in [1.29, 1.82) is 0 Å². The monoisotopic (exact) mass is 624 g/mol. The standard InChI is InChI=1S/C26H24Cl4N6O2S/c1-33-8-10-34(11-9-33)16-35-26(39)36(25(32-35)15-37-18-3-6-21(28)23(30)13-18)31-14-19-4-7-24(38-19)20-5-2-17(27)12-22(20)29/h2-7,12-14H,8-11,15-16H2,1H3/b31-14+. The van der Waals surface area contributed by atoms with Gasteiger partial charge in [0.1, 0.15) is 23.9 Å². The van der Waals surface area contributed by atoms with Gasteiger partial charge in [0.2, 0.25) is 4.77 Å². The van der Waals surface area contributed by atoms with Crippen molar-refractivity contribution in [2.24, 2.45) is 5.10 Å². The average Bonchev–Trinajstić information content (AvgIpc) is 3.49. The van der Waals surface area contributed by atoms with Crippen LogP contribution in [0.4, 0.5) is 0 Å². The lowest BCUT2D eigenvalue weighted by Gasteiger charge is -2.31. The van der Waals surface area contributed by atoms with Crippen molar-refractivity contribution in [2.75, 3.05) is 33.2 Å². The number of piperazine rings is 1. The van der Waals surface area contributed by atoms with Crippen LogP contribution < -0.4 is 4.74 Å². The number of rotatable bonds is 8. The molecule has 39 heavy (non-hydrogen) atoms. The number of aromatic nitrogens is 3. The zero-order valence-electron chi connectivity index (χ0n) is 20.9. The first-order chi connectivity index (χ1) is 18.8. The first kappa shape index (κ1) is 28.2. The normalized spacial score (nSPS) is 14.9. The molecule has 1 aliphatic rings. The van der Waals surface area contributed by atoms with Gasteiger partial charge in [-0.15, -0.1) is 5.10 Å². The summed E-state index contributed by atoms with van der Waals surface area (Å²) in [5.41, 5.74) is 0.730. The van der Waals surface area contributed by atoms with Crippen LogP contribution in [0.3, 0.4) is 0 Å². The van der Waals surface area contributed by atoms with Gasteiger partial charge in [0, 0.05) is 42.8 Å². The van der Waals surface area contributed by atoms with Gasteiger partial charge < -0.3 is 14.1 Å². The van der Waals surface area contributed by atoms with E-state index in [-0.39, 0.29) is 6.61 Å². The summed E-state index contributed by atoms with van der Waals surface area (Å²) in [5, 5.41) is 11.2. The summed E-state index contributed by atoms with van der Waals surface area (Å²) in [6, 6.07) is 13.9. The summed E-state index contributed by atoms with van der Waals surface area (Å²) >= 11 is 30.3. The molecule has 0 aliphatic carbocycles. The van der Waals surface area contributed by atoms with E-state index >= 15 is 0 Å². The highest BCUT2D eigenvalue weighted by Gasteiger charge is 2.18. The van der Waals surface area contributed by atoms with E-state index in [4.69, 9.17) is 72.9 Å². The fourth-order valence-corrected chi connectivity index (χ4v) is 5.05. The molecule has 0 saturated carbocycles. The summed E-state index contributed by atoms with van der Waals surface area (Å²) < 4.78 is 15.7. The highest BCUT2D eigenvalue weighted by molar-refractivity contribution is 7.71. The van der Waals surface area contributed by atoms with Crippen molar-refractivity contribution in [1.82, 2.24) is 24.3 Å². The Morgan fingerprint density at radius 2 is 1.77 bits per heavy atom. The van der Waals surface area contributed by atoms with Gasteiger partial charge in [0.25, 0.3) is 0 Å². The molecule has 4 aromatic rings. The van der Waals surface area contributed by atoms with Crippen molar-refractivity contribution in [3.8, 4) is 17.1 Å². The second kappa shape index (κ2) is 12.4. The number of halogens is 4. The fraction of sp³-hybridized carbons (Fsp3) is 0.269. The van der Waals surface area contributed by atoms with Crippen molar-refractivity contribution in [3.63, 3.8) is 0 Å². The minimum atomic E-state index is 0.110. The van der Waals surface area contributed by atoms with Crippen LogP contribution in [0.15, 0.2) is 58.0 Å². The third kappa shape index (κ3) is 6.86. The van der Waals surface area contributed by atoms with Gasteiger partial charge in [-0.05, 0) is 61.7 Å². The molecular formula is C26H24Cl4N6O2S. The molecule has 0 spiro atoms. The number of benzene rings is 2.